The van der Waals surface area contributed by atoms with Gasteiger partial charge in [0, 0.05) is 38.4 Å². The molecule has 2 rings (SSSR count). The van der Waals surface area contributed by atoms with Gasteiger partial charge in [-0.25, -0.2) is 8.42 Å². The Morgan fingerprint density at radius 1 is 1.15 bits per heavy atom. The van der Waals surface area contributed by atoms with Gasteiger partial charge in [-0.2, -0.15) is 4.31 Å². The van der Waals surface area contributed by atoms with E-state index >= 15 is 0 Å². The number of hydrogen-bond donors (Lipinski definition) is 0. The molecule has 0 saturated carbocycles. The van der Waals surface area contributed by atoms with Crippen molar-refractivity contribution in [1.82, 2.24) is 9.21 Å². The molecule has 150 valence electrons. The maximum absolute atomic E-state index is 12.7. The van der Waals surface area contributed by atoms with Crippen molar-refractivity contribution >= 4 is 56.9 Å². The molecule has 7 nitrogen and oxygen atoms in total. The highest BCUT2D eigenvalue weighted by Gasteiger charge is 2.30. The Bertz CT molecular complexity index is 796. The van der Waals surface area contributed by atoms with Gasteiger partial charge < -0.3 is 9.64 Å². The topological polar surface area (TPSA) is 84.0 Å². The van der Waals surface area contributed by atoms with E-state index in [1.807, 2.05) is 0 Å². The highest BCUT2D eigenvalue weighted by Crippen LogP contribution is 2.27. The van der Waals surface area contributed by atoms with Crippen LogP contribution < -0.4 is 0 Å². The van der Waals surface area contributed by atoms with E-state index in [4.69, 9.17) is 23.2 Å². The molecule has 1 heterocycles. The first-order valence-electron chi connectivity index (χ1n) is 8.13. The second kappa shape index (κ2) is 9.97. The zero-order valence-corrected chi connectivity index (χ0v) is 17.8. The number of nitrogens with zero attached hydrogens (tertiary/aromatic N) is 2. The Morgan fingerprint density at radius 2 is 1.81 bits per heavy atom. The van der Waals surface area contributed by atoms with Gasteiger partial charge in [0.05, 0.1) is 27.8 Å². The SMILES string of the molecule is COC(=O)CSCCC(=O)N1CCN(S(=O)(=O)c2ccc(Cl)c(Cl)c2)CC1. The van der Waals surface area contributed by atoms with E-state index in [9.17, 15) is 18.0 Å². The predicted octanol–water partition coefficient (Wildman–Crippen LogP) is 2.12. The van der Waals surface area contributed by atoms with Crippen LogP contribution in [0.3, 0.4) is 0 Å². The van der Waals surface area contributed by atoms with Crippen LogP contribution in [0.5, 0.6) is 0 Å². The number of amides is 1. The second-order valence-electron chi connectivity index (χ2n) is 5.74. The Balaban J connectivity index is 1.86. The molecule has 0 N–H and O–H groups in total. The summed E-state index contributed by atoms with van der Waals surface area (Å²) in [4.78, 5) is 25.0. The molecule has 0 spiro atoms. The van der Waals surface area contributed by atoms with Crippen molar-refractivity contribution in [1.29, 1.82) is 0 Å². The van der Waals surface area contributed by atoms with Gasteiger partial charge in [0.1, 0.15) is 0 Å². The molecule has 1 aromatic carbocycles. The number of piperazine rings is 1. The van der Waals surface area contributed by atoms with E-state index in [1.165, 1.54) is 41.4 Å². The van der Waals surface area contributed by atoms with Crippen LogP contribution in [0.1, 0.15) is 6.42 Å². The van der Waals surface area contributed by atoms with Crippen LogP contribution >= 0.6 is 35.0 Å². The van der Waals surface area contributed by atoms with Crippen molar-refractivity contribution in [3.05, 3.63) is 28.2 Å². The number of rotatable bonds is 7. The maximum atomic E-state index is 12.7. The Labute approximate surface area is 173 Å². The summed E-state index contributed by atoms with van der Waals surface area (Å²) in [7, 11) is -2.37. The third kappa shape index (κ3) is 5.99. The van der Waals surface area contributed by atoms with Gasteiger partial charge in [-0.3, -0.25) is 9.59 Å². The molecule has 0 aromatic heterocycles. The van der Waals surface area contributed by atoms with Gasteiger partial charge in [0.25, 0.3) is 0 Å². The number of sulfonamides is 1. The number of halogens is 2. The molecule has 1 fully saturated rings. The fourth-order valence-electron chi connectivity index (χ4n) is 2.50. The number of methoxy groups -OCH3 is 1. The first-order chi connectivity index (χ1) is 12.8. The number of ether oxygens (including phenoxy) is 1. The molecule has 0 unspecified atom stereocenters. The largest absolute Gasteiger partial charge is 0.468 e. The summed E-state index contributed by atoms with van der Waals surface area (Å²) >= 11 is 13.1. The molecule has 27 heavy (non-hydrogen) atoms. The molecule has 1 aliphatic heterocycles. The zero-order chi connectivity index (χ0) is 20.0. The fourth-order valence-corrected chi connectivity index (χ4v) is 5.06. The molecular weight excluding hydrogens is 435 g/mol. The summed E-state index contributed by atoms with van der Waals surface area (Å²) in [6.07, 6.45) is 0.293. The Hall–Kier alpha value is -1.000. The number of carbonyl (C=O) groups is 2. The fraction of sp³-hybridized carbons (Fsp3) is 0.500. The summed E-state index contributed by atoms with van der Waals surface area (Å²) < 4.78 is 31.3. The van der Waals surface area contributed by atoms with E-state index in [-0.39, 0.29) is 45.7 Å². The lowest BCUT2D eigenvalue weighted by Crippen LogP contribution is -2.50. The molecule has 0 aliphatic carbocycles. The Morgan fingerprint density at radius 3 is 2.41 bits per heavy atom. The molecular formula is C16H20Cl2N2O5S2. The minimum absolute atomic E-state index is 0.0565. The molecule has 1 aliphatic rings. The summed E-state index contributed by atoms with van der Waals surface area (Å²) in [5, 5.41) is 0.465. The minimum atomic E-state index is -3.69. The third-order valence-corrected chi connectivity index (χ3v) is 7.59. The van der Waals surface area contributed by atoms with Crippen LogP contribution in [0.2, 0.25) is 10.0 Å². The highest BCUT2D eigenvalue weighted by molar-refractivity contribution is 7.99. The summed E-state index contributed by atoms with van der Waals surface area (Å²) in [5.41, 5.74) is 0. The van der Waals surface area contributed by atoms with Crippen LogP contribution in [-0.2, 0) is 24.3 Å². The molecule has 0 radical (unpaired) electrons. The van der Waals surface area contributed by atoms with Crippen molar-refractivity contribution < 1.29 is 22.7 Å². The van der Waals surface area contributed by atoms with Crippen LogP contribution in [0.15, 0.2) is 23.1 Å². The summed E-state index contributed by atoms with van der Waals surface area (Å²) in [6.45, 7) is 1.06. The molecule has 1 amide bonds. The van der Waals surface area contributed by atoms with Crippen molar-refractivity contribution in [3.63, 3.8) is 0 Å². The molecule has 0 bridgehead atoms. The number of carbonyl (C=O) groups excluding carboxylic acids is 2. The normalized spacial score (nSPS) is 15.6. The molecule has 1 saturated heterocycles. The van der Waals surface area contributed by atoms with Gasteiger partial charge in [0.15, 0.2) is 0 Å². The van der Waals surface area contributed by atoms with Crippen molar-refractivity contribution in [2.75, 3.05) is 44.8 Å². The standard InChI is InChI=1S/C16H20Cl2N2O5S2/c1-25-16(22)11-26-9-4-15(21)19-5-7-20(8-6-19)27(23,24)12-2-3-13(17)14(18)10-12/h2-3,10H,4-9,11H2,1H3. The number of esters is 1. The van der Waals surface area contributed by atoms with Gasteiger partial charge >= 0.3 is 5.97 Å². The molecule has 1 aromatic rings. The third-order valence-electron chi connectivity index (χ3n) is 4.03. The quantitative estimate of drug-likeness (QED) is 0.463. The van der Waals surface area contributed by atoms with Crippen molar-refractivity contribution in [2.45, 2.75) is 11.3 Å². The lowest BCUT2D eigenvalue weighted by Gasteiger charge is -2.34. The molecule has 0 atom stereocenters. The molecule has 11 heteroatoms. The summed E-state index contributed by atoms with van der Waals surface area (Å²) in [5.74, 6) is 0.336. The van der Waals surface area contributed by atoms with Crippen molar-refractivity contribution in [2.24, 2.45) is 0 Å². The number of benzene rings is 1. The maximum Gasteiger partial charge on any atom is 0.315 e. The van der Waals surface area contributed by atoms with E-state index < -0.39 is 10.0 Å². The van der Waals surface area contributed by atoms with Gasteiger partial charge in [-0.05, 0) is 18.2 Å². The van der Waals surface area contributed by atoms with E-state index in [1.54, 1.807) is 4.90 Å². The number of thioether (sulfide) groups is 1. The monoisotopic (exact) mass is 454 g/mol. The second-order valence-corrected chi connectivity index (χ2v) is 9.60. The first kappa shape index (κ1) is 22.3. The van der Waals surface area contributed by atoms with E-state index in [2.05, 4.69) is 4.74 Å². The predicted molar refractivity (Wildman–Crippen MR) is 106 cm³/mol. The number of hydrogen-bond acceptors (Lipinski definition) is 6. The lowest BCUT2D eigenvalue weighted by atomic mass is 10.3. The van der Waals surface area contributed by atoms with Crippen LogP contribution in [0.4, 0.5) is 0 Å². The van der Waals surface area contributed by atoms with Crippen LogP contribution in [0.25, 0.3) is 0 Å². The van der Waals surface area contributed by atoms with Crippen LogP contribution in [-0.4, -0.2) is 74.3 Å². The van der Waals surface area contributed by atoms with Gasteiger partial charge in [0.2, 0.25) is 15.9 Å². The highest BCUT2D eigenvalue weighted by atomic mass is 35.5. The minimum Gasteiger partial charge on any atom is -0.468 e. The smallest absolute Gasteiger partial charge is 0.315 e. The average molecular weight is 455 g/mol. The zero-order valence-electron chi connectivity index (χ0n) is 14.7. The lowest BCUT2D eigenvalue weighted by molar-refractivity contribution is -0.137. The Kier molecular flexibility index (Phi) is 8.23. The van der Waals surface area contributed by atoms with Gasteiger partial charge in [-0.15, -0.1) is 11.8 Å². The summed E-state index contributed by atoms with van der Waals surface area (Å²) in [6, 6.07) is 4.19. The first-order valence-corrected chi connectivity index (χ1v) is 11.5. The van der Waals surface area contributed by atoms with Crippen molar-refractivity contribution in [3.8, 4) is 0 Å². The van der Waals surface area contributed by atoms with E-state index in [0.717, 1.165) is 0 Å². The van der Waals surface area contributed by atoms with Gasteiger partial charge in [-0.1, -0.05) is 23.2 Å². The van der Waals surface area contributed by atoms with E-state index in [0.29, 0.717) is 25.3 Å². The van der Waals surface area contributed by atoms with Crippen LogP contribution in [0, 0.1) is 0 Å². The average Bonchev–Trinajstić information content (AvgIpc) is 2.66.